The van der Waals surface area contributed by atoms with E-state index in [1.54, 1.807) is 24.3 Å². The molecule has 0 radical (unpaired) electrons. The minimum Gasteiger partial charge on any atom is -0.325 e. The highest BCUT2D eigenvalue weighted by Gasteiger charge is 2.12. The van der Waals surface area contributed by atoms with Gasteiger partial charge in [-0.25, -0.2) is 0 Å². The number of benzene rings is 2. The van der Waals surface area contributed by atoms with Gasteiger partial charge >= 0.3 is 0 Å². The number of thioether (sulfide) groups is 1. The summed E-state index contributed by atoms with van der Waals surface area (Å²) < 4.78 is 1.99. The summed E-state index contributed by atoms with van der Waals surface area (Å²) in [6.45, 7) is 4.05. The Kier molecular flexibility index (Phi) is 6.03. The SMILES string of the molecule is CC(=O)c1cccc(NC(=O)CSc2nnc(C)n2Cc2ccccc2)c1. The van der Waals surface area contributed by atoms with Crippen LogP contribution in [0.15, 0.2) is 59.8 Å². The van der Waals surface area contributed by atoms with E-state index in [0.29, 0.717) is 23.0 Å². The van der Waals surface area contributed by atoms with Crippen LogP contribution in [0, 0.1) is 6.92 Å². The van der Waals surface area contributed by atoms with Crippen molar-refractivity contribution in [2.45, 2.75) is 25.5 Å². The number of rotatable bonds is 7. The van der Waals surface area contributed by atoms with Crippen molar-refractivity contribution in [3.05, 3.63) is 71.5 Å². The summed E-state index contributed by atoms with van der Waals surface area (Å²) in [5.41, 5.74) is 2.32. The second-order valence-electron chi connectivity index (χ2n) is 6.08. The molecule has 0 bridgehead atoms. The number of hydrogen-bond acceptors (Lipinski definition) is 5. The molecule has 1 heterocycles. The van der Waals surface area contributed by atoms with E-state index in [1.165, 1.54) is 18.7 Å². The Morgan fingerprint density at radius 2 is 1.85 bits per heavy atom. The number of Topliss-reactive ketones (excluding diaryl/α,β-unsaturated/α-hetero) is 1. The van der Waals surface area contributed by atoms with Gasteiger partial charge in [0.25, 0.3) is 0 Å². The Bertz CT molecular complexity index is 954. The predicted octanol–water partition coefficient (Wildman–Crippen LogP) is 3.57. The number of amides is 1. The van der Waals surface area contributed by atoms with Crippen molar-refractivity contribution in [3.8, 4) is 0 Å². The molecule has 0 aliphatic carbocycles. The largest absolute Gasteiger partial charge is 0.325 e. The van der Waals surface area contributed by atoms with E-state index in [-0.39, 0.29) is 17.4 Å². The summed E-state index contributed by atoms with van der Waals surface area (Å²) in [5, 5.41) is 11.8. The van der Waals surface area contributed by atoms with E-state index >= 15 is 0 Å². The van der Waals surface area contributed by atoms with Gasteiger partial charge in [0.1, 0.15) is 5.82 Å². The number of nitrogens with zero attached hydrogens (tertiary/aromatic N) is 3. The molecule has 1 amide bonds. The van der Waals surface area contributed by atoms with E-state index in [9.17, 15) is 9.59 Å². The van der Waals surface area contributed by atoms with Crippen LogP contribution in [0.25, 0.3) is 0 Å². The number of carbonyl (C=O) groups is 2. The van der Waals surface area contributed by atoms with Crippen molar-refractivity contribution < 1.29 is 9.59 Å². The molecular formula is C20H20N4O2S. The Morgan fingerprint density at radius 1 is 1.07 bits per heavy atom. The summed E-state index contributed by atoms with van der Waals surface area (Å²) in [5.74, 6) is 0.811. The van der Waals surface area contributed by atoms with Crippen LogP contribution in [0.3, 0.4) is 0 Å². The Labute approximate surface area is 162 Å². The van der Waals surface area contributed by atoms with Crippen LogP contribution in [-0.2, 0) is 11.3 Å². The summed E-state index contributed by atoms with van der Waals surface area (Å²) in [4.78, 5) is 23.7. The zero-order chi connectivity index (χ0) is 19.2. The highest BCUT2D eigenvalue weighted by atomic mass is 32.2. The quantitative estimate of drug-likeness (QED) is 0.501. The standard InChI is InChI=1S/C20H20N4O2S/c1-14(25)17-9-6-10-18(11-17)21-19(26)13-27-20-23-22-15(2)24(20)12-16-7-4-3-5-8-16/h3-11H,12-13H2,1-2H3,(H,21,26). The van der Waals surface area contributed by atoms with Crippen molar-refractivity contribution in [2.24, 2.45) is 0 Å². The van der Waals surface area contributed by atoms with Crippen LogP contribution in [0.1, 0.15) is 28.7 Å². The van der Waals surface area contributed by atoms with Gasteiger partial charge < -0.3 is 9.88 Å². The molecule has 0 fully saturated rings. The minimum atomic E-state index is -0.160. The minimum absolute atomic E-state index is 0.0371. The first kappa shape index (κ1) is 18.8. The third-order valence-corrected chi connectivity index (χ3v) is 4.94. The summed E-state index contributed by atoms with van der Waals surface area (Å²) in [6.07, 6.45) is 0. The fourth-order valence-electron chi connectivity index (χ4n) is 2.56. The molecule has 0 saturated carbocycles. The molecule has 1 N–H and O–H groups in total. The molecule has 0 aliphatic heterocycles. The number of aryl methyl sites for hydroxylation is 1. The first-order chi connectivity index (χ1) is 13.0. The van der Waals surface area contributed by atoms with Gasteiger partial charge in [-0.2, -0.15) is 0 Å². The van der Waals surface area contributed by atoms with Crippen LogP contribution < -0.4 is 5.32 Å². The number of carbonyl (C=O) groups excluding carboxylic acids is 2. The Hall–Kier alpha value is -2.93. The average molecular weight is 380 g/mol. The highest BCUT2D eigenvalue weighted by Crippen LogP contribution is 2.19. The lowest BCUT2D eigenvalue weighted by Crippen LogP contribution is -2.15. The first-order valence-corrected chi connectivity index (χ1v) is 9.49. The maximum absolute atomic E-state index is 12.3. The molecule has 2 aromatic carbocycles. The molecule has 7 heteroatoms. The lowest BCUT2D eigenvalue weighted by molar-refractivity contribution is -0.113. The molecule has 0 aliphatic rings. The van der Waals surface area contributed by atoms with Gasteiger partial charge in [0.15, 0.2) is 10.9 Å². The van der Waals surface area contributed by atoms with Crippen LogP contribution >= 0.6 is 11.8 Å². The van der Waals surface area contributed by atoms with Crippen molar-refractivity contribution in [1.82, 2.24) is 14.8 Å². The fourth-order valence-corrected chi connectivity index (χ4v) is 3.34. The molecule has 27 heavy (non-hydrogen) atoms. The summed E-state index contributed by atoms with van der Waals surface area (Å²) >= 11 is 1.34. The molecule has 1 aromatic heterocycles. The van der Waals surface area contributed by atoms with Crippen LogP contribution in [0.2, 0.25) is 0 Å². The number of ketones is 1. The maximum atomic E-state index is 12.3. The van der Waals surface area contributed by atoms with Gasteiger partial charge in [0.05, 0.1) is 12.3 Å². The van der Waals surface area contributed by atoms with Crippen molar-refractivity contribution in [3.63, 3.8) is 0 Å². The molecule has 0 spiro atoms. The number of hydrogen-bond donors (Lipinski definition) is 1. The third-order valence-electron chi connectivity index (χ3n) is 3.97. The molecule has 0 atom stereocenters. The molecule has 3 aromatic rings. The van der Waals surface area contributed by atoms with Crippen molar-refractivity contribution in [2.75, 3.05) is 11.1 Å². The average Bonchev–Trinajstić information content (AvgIpc) is 3.01. The van der Waals surface area contributed by atoms with Gasteiger partial charge in [0.2, 0.25) is 5.91 Å². The number of aromatic nitrogens is 3. The summed E-state index contributed by atoms with van der Waals surface area (Å²) in [7, 11) is 0. The molecule has 6 nitrogen and oxygen atoms in total. The van der Waals surface area contributed by atoms with Crippen molar-refractivity contribution in [1.29, 1.82) is 0 Å². The lowest BCUT2D eigenvalue weighted by atomic mass is 10.1. The molecule has 0 saturated heterocycles. The lowest BCUT2D eigenvalue weighted by Gasteiger charge is -2.09. The third kappa shape index (κ3) is 5.04. The van der Waals surface area contributed by atoms with Crippen LogP contribution in [0.5, 0.6) is 0 Å². The topological polar surface area (TPSA) is 76.9 Å². The van der Waals surface area contributed by atoms with Gasteiger partial charge in [0, 0.05) is 11.3 Å². The van der Waals surface area contributed by atoms with Crippen LogP contribution in [-0.4, -0.2) is 32.2 Å². The second kappa shape index (κ2) is 8.64. The van der Waals surface area contributed by atoms with E-state index in [2.05, 4.69) is 15.5 Å². The zero-order valence-electron chi connectivity index (χ0n) is 15.2. The normalized spacial score (nSPS) is 10.6. The predicted molar refractivity (Wildman–Crippen MR) is 106 cm³/mol. The smallest absolute Gasteiger partial charge is 0.234 e. The highest BCUT2D eigenvalue weighted by molar-refractivity contribution is 7.99. The maximum Gasteiger partial charge on any atom is 0.234 e. The van der Waals surface area contributed by atoms with Crippen molar-refractivity contribution >= 4 is 29.1 Å². The molecule has 3 rings (SSSR count). The monoisotopic (exact) mass is 380 g/mol. The first-order valence-electron chi connectivity index (χ1n) is 8.50. The van der Waals surface area contributed by atoms with Gasteiger partial charge in [-0.3, -0.25) is 9.59 Å². The molecule has 0 unspecified atom stereocenters. The second-order valence-corrected chi connectivity index (χ2v) is 7.02. The fraction of sp³-hybridized carbons (Fsp3) is 0.200. The van der Waals surface area contributed by atoms with E-state index in [0.717, 1.165) is 11.4 Å². The summed E-state index contributed by atoms with van der Waals surface area (Å²) in [6, 6.07) is 17.0. The number of anilines is 1. The molecule has 138 valence electrons. The van der Waals surface area contributed by atoms with Crippen LogP contribution in [0.4, 0.5) is 5.69 Å². The Morgan fingerprint density at radius 3 is 2.59 bits per heavy atom. The van der Waals surface area contributed by atoms with E-state index in [1.807, 2.05) is 41.8 Å². The van der Waals surface area contributed by atoms with E-state index < -0.39 is 0 Å². The van der Waals surface area contributed by atoms with Gasteiger partial charge in [-0.1, -0.05) is 54.2 Å². The number of nitrogens with one attached hydrogen (secondary N) is 1. The molecular weight excluding hydrogens is 360 g/mol. The van der Waals surface area contributed by atoms with Gasteiger partial charge in [-0.05, 0) is 31.5 Å². The Balaban J connectivity index is 1.62. The zero-order valence-corrected chi connectivity index (χ0v) is 16.0. The van der Waals surface area contributed by atoms with E-state index in [4.69, 9.17) is 0 Å². The van der Waals surface area contributed by atoms with Gasteiger partial charge in [-0.15, -0.1) is 10.2 Å².